The van der Waals surface area contributed by atoms with Crippen LogP contribution in [0, 0.1) is 5.92 Å². The van der Waals surface area contributed by atoms with Crippen molar-refractivity contribution in [2.45, 2.75) is 71.4 Å². The number of hydrogen-bond acceptors (Lipinski definition) is 0. The first-order valence-electron chi connectivity index (χ1n) is 5.93. The van der Waals surface area contributed by atoms with Gasteiger partial charge in [-0.15, -0.1) is 21.6 Å². The second-order valence-corrected chi connectivity index (χ2v) is 5.34. The zero-order chi connectivity index (χ0) is 10.3. The average molecular weight is 239 g/mol. The van der Waals surface area contributed by atoms with E-state index in [1.165, 1.54) is 38.5 Å². The van der Waals surface area contributed by atoms with Crippen LogP contribution < -0.4 is 0 Å². The van der Waals surface area contributed by atoms with Crippen LogP contribution in [0.3, 0.4) is 0 Å². The molecule has 0 saturated heterocycles. The van der Waals surface area contributed by atoms with Gasteiger partial charge < -0.3 is 0 Å². The molecule has 0 spiro atoms. The highest BCUT2D eigenvalue weighted by atomic mass is 35.5. The lowest BCUT2D eigenvalue weighted by Crippen LogP contribution is -2.29. The van der Waals surface area contributed by atoms with Gasteiger partial charge in [0.2, 0.25) is 0 Å². The molecule has 0 radical (unpaired) electrons. The predicted molar refractivity (Wildman–Crippen MR) is 73.6 cm³/mol. The Kier molecular flexibility index (Phi) is 11.0. The molecule has 0 nitrogen and oxygen atoms in total. The third-order valence-electron chi connectivity index (χ3n) is 3.53. The maximum absolute atomic E-state index is 3.12. The van der Waals surface area contributed by atoms with Gasteiger partial charge in [0, 0.05) is 0 Å². The molecule has 0 rings (SSSR count). The summed E-state index contributed by atoms with van der Waals surface area (Å²) in [6.45, 7) is 9.27. The minimum atomic E-state index is 0. The van der Waals surface area contributed by atoms with E-state index in [0.717, 1.165) is 5.92 Å². The Morgan fingerprint density at radius 3 is 1.86 bits per heavy atom. The fourth-order valence-electron chi connectivity index (χ4n) is 2.18. The summed E-state index contributed by atoms with van der Waals surface area (Å²) in [6.07, 6.45) is 8.09. The standard InChI is InChI=1S/C12H27P.ClH/c1-5-9-10-11(6-2)12(13,7-3)8-4;/h11H,5-10,13H2,1-4H3;1H. The van der Waals surface area contributed by atoms with Crippen LogP contribution in [0.4, 0.5) is 0 Å². The van der Waals surface area contributed by atoms with Crippen molar-refractivity contribution in [3.8, 4) is 0 Å². The normalized spacial score (nSPS) is 13.5. The molecule has 0 N–H and O–H groups in total. The Hall–Kier alpha value is 0.720. The van der Waals surface area contributed by atoms with E-state index in [4.69, 9.17) is 0 Å². The summed E-state index contributed by atoms with van der Waals surface area (Å²) in [6, 6.07) is 0. The molecule has 0 bridgehead atoms. The van der Waals surface area contributed by atoms with Crippen LogP contribution in [0.1, 0.15) is 66.2 Å². The van der Waals surface area contributed by atoms with Gasteiger partial charge in [0.15, 0.2) is 0 Å². The smallest absolute Gasteiger partial charge is 0.0127 e. The van der Waals surface area contributed by atoms with Crippen LogP contribution in [0.5, 0.6) is 0 Å². The molecule has 0 aromatic heterocycles. The maximum atomic E-state index is 3.12. The molecule has 88 valence electrons. The molecule has 0 amide bonds. The summed E-state index contributed by atoms with van der Waals surface area (Å²) in [4.78, 5) is 0. The van der Waals surface area contributed by atoms with E-state index < -0.39 is 0 Å². The average Bonchev–Trinajstić information content (AvgIpc) is 2.18. The molecule has 0 aromatic carbocycles. The van der Waals surface area contributed by atoms with Gasteiger partial charge >= 0.3 is 0 Å². The van der Waals surface area contributed by atoms with Crippen LogP contribution in [-0.2, 0) is 0 Å². The Morgan fingerprint density at radius 1 is 1.07 bits per heavy atom. The highest BCUT2D eigenvalue weighted by Gasteiger charge is 2.28. The van der Waals surface area contributed by atoms with Gasteiger partial charge in [0.05, 0.1) is 0 Å². The number of halogens is 1. The quantitative estimate of drug-likeness (QED) is 0.544. The van der Waals surface area contributed by atoms with Crippen LogP contribution in [-0.4, -0.2) is 5.16 Å². The topological polar surface area (TPSA) is 0 Å². The molecule has 2 unspecified atom stereocenters. The lowest BCUT2D eigenvalue weighted by molar-refractivity contribution is 0.316. The summed E-state index contributed by atoms with van der Waals surface area (Å²) < 4.78 is 0. The molecule has 0 aromatic rings. The first-order valence-corrected chi connectivity index (χ1v) is 6.51. The van der Waals surface area contributed by atoms with Crippen molar-refractivity contribution < 1.29 is 0 Å². The zero-order valence-electron chi connectivity index (χ0n) is 10.3. The summed E-state index contributed by atoms with van der Waals surface area (Å²) in [7, 11) is 3.12. The lowest BCUT2D eigenvalue weighted by atomic mass is 9.81. The van der Waals surface area contributed by atoms with Gasteiger partial charge in [-0.3, -0.25) is 0 Å². The number of unbranched alkanes of at least 4 members (excludes halogenated alkanes) is 1. The second kappa shape index (κ2) is 8.98. The van der Waals surface area contributed by atoms with Crippen LogP contribution in [0.2, 0.25) is 0 Å². The van der Waals surface area contributed by atoms with Crippen LogP contribution >= 0.6 is 21.6 Å². The van der Waals surface area contributed by atoms with Crippen molar-refractivity contribution in [1.29, 1.82) is 0 Å². The molecule has 14 heavy (non-hydrogen) atoms. The molecule has 0 heterocycles. The fourth-order valence-corrected chi connectivity index (χ4v) is 2.58. The van der Waals surface area contributed by atoms with Crippen LogP contribution in [0.25, 0.3) is 0 Å². The summed E-state index contributed by atoms with van der Waals surface area (Å²) >= 11 is 0. The maximum Gasteiger partial charge on any atom is -0.0127 e. The molecular formula is C12H28ClP. The first kappa shape index (κ1) is 17.1. The minimum absolute atomic E-state index is 0. The van der Waals surface area contributed by atoms with E-state index in [1.807, 2.05) is 0 Å². The molecule has 0 aliphatic heterocycles. The number of rotatable bonds is 7. The number of hydrogen-bond donors (Lipinski definition) is 0. The summed E-state index contributed by atoms with van der Waals surface area (Å²) in [5, 5.41) is 0.518. The van der Waals surface area contributed by atoms with Gasteiger partial charge in [-0.1, -0.05) is 47.0 Å². The Morgan fingerprint density at radius 2 is 1.57 bits per heavy atom. The summed E-state index contributed by atoms with van der Waals surface area (Å²) in [5.74, 6) is 0.910. The van der Waals surface area contributed by atoms with Crippen molar-refractivity contribution in [2.24, 2.45) is 5.92 Å². The molecule has 0 saturated carbocycles. The molecule has 0 aliphatic carbocycles. The monoisotopic (exact) mass is 238 g/mol. The van der Waals surface area contributed by atoms with Crippen molar-refractivity contribution in [3.05, 3.63) is 0 Å². The third kappa shape index (κ3) is 4.99. The third-order valence-corrected chi connectivity index (χ3v) is 4.82. The van der Waals surface area contributed by atoms with Gasteiger partial charge in [-0.25, -0.2) is 0 Å². The van der Waals surface area contributed by atoms with E-state index >= 15 is 0 Å². The lowest BCUT2D eigenvalue weighted by Gasteiger charge is -2.35. The van der Waals surface area contributed by atoms with Crippen molar-refractivity contribution in [1.82, 2.24) is 0 Å². The highest BCUT2D eigenvalue weighted by Crippen LogP contribution is 2.39. The molecule has 2 atom stereocenters. The first-order chi connectivity index (χ1) is 6.14. The van der Waals surface area contributed by atoms with Crippen molar-refractivity contribution in [2.75, 3.05) is 0 Å². The second-order valence-electron chi connectivity index (χ2n) is 4.19. The van der Waals surface area contributed by atoms with E-state index in [2.05, 4.69) is 36.9 Å². The van der Waals surface area contributed by atoms with Gasteiger partial charge in [-0.2, -0.15) is 0 Å². The summed E-state index contributed by atoms with van der Waals surface area (Å²) in [5.41, 5.74) is 0. The van der Waals surface area contributed by atoms with E-state index in [0.29, 0.717) is 5.16 Å². The Balaban J connectivity index is 0. The van der Waals surface area contributed by atoms with E-state index in [-0.39, 0.29) is 12.4 Å². The van der Waals surface area contributed by atoms with Gasteiger partial charge in [-0.05, 0) is 30.3 Å². The van der Waals surface area contributed by atoms with Crippen LogP contribution in [0.15, 0.2) is 0 Å². The van der Waals surface area contributed by atoms with Crippen molar-refractivity contribution in [3.63, 3.8) is 0 Å². The van der Waals surface area contributed by atoms with E-state index in [9.17, 15) is 0 Å². The van der Waals surface area contributed by atoms with Gasteiger partial charge in [0.25, 0.3) is 0 Å². The SMILES string of the molecule is CCCCC(CC)C(P)(CC)CC.Cl. The zero-order valence-corrected chi connectivity index (χ0v) is 12.3. The molecule has 0 fully saturated rings. The Labute approximate surface area is 99.2 Å². The predicted octanol–water partition coefficient (Wildman–Crippen LogP) is 5.06. The van der Waals surface area contributed by atoms with Gasteiger partial charge in [0.1, 0.15) is 0 Å². The molecule has 0 aliphatic rings. The molecule has 2 heteroatoms. The fraction of sp³-hybridized carbons (Fsp3) is 1.00. The minimum Gasteiger partial charge on any atom is -0.147 e. The highest BCUT2D eigenvalue weighted by molar-refractivity contribution is 7.19. The van der Waals surface area contributed by atoms with Crippen molar-refractivity contribution >= 4 is 21.6 Å². The van der Waals surface area contributed by atoms with E-state index in [1.54, 1.807) is 0 Å². The largest absolute Gasteiger partial charge is 0.147 e. The molecular weight excluding hydrogens is 211 g/mol. The Bertz CT molecular complexity index is 121.